The number of nitrogens with zero attached hydrogens (tertiary/aromatic N) is 1. The van der Waals surface area contributed by atoms with Gasteiger partial charge in [-0.3, -0.25) is 4.79 Å². The van der Waals surface area contributed by atoms with Crippen molar-refractivity contribution in [1.82, 2.24) is 0 Å². The van der Waals surface area contributed by atoms with Crippen LogP contribution in [0.4, 0.5) is 30.7 Å². The first-order valence-corrected chi connectivity index (χ1v) is 6.80. The number of rotatable bonds is 3. The van der Waals surface area contributed by atoms with Crippen LogP contribution in [0.25, 0.3) is 0 Å². The largest absolute Gasteiger partial charge is 0.460 e. The van der Waals surface area contributed by atoms with E-state index in [9.17, 15) is 40.3 Å². The zero-order valence-electron chi connectivity index (χ0n) is 12.5. The Morgan fingerprint density at radius 3 is 2.08 bits per heavy atom. The van der Waals surface area contributed by atoms with E-state index in [1.807, 2.05) is 0 Å². The van der Waals surface area contributed by atoms with Crippen LogP contribution >= 0.6 is 0 Å². The van der Waals surface area contributed by atoms with E-state index in [1.165, 1.54) is 24.3 Å². The van der Waals surface area contributed by atoms with Gasteiger partial charge in [0, 0.05) is 12.0 Å². The third kappa shape index (κ3) is 3.46. The molecule has 1 aromatic carbocycles. The molecule has 2 rings (SSSR count). The molecule has 1 heterocycles. The summed E-state index contributed by atoms with van der Waals surface area (Å²) in [6.45, 7) is 0. The molecule has 0 N–H and O–H groups in total. The monoisotopic (exact) mass is 383 g/mol. The van der Waals surface area contributed by atoms with E-state index in [2.05, 4.69) is 9.73 Å². The Labute approximate surface area is 141 Å². The molecule has 0 spiro atoms. The molecular formula is C15H8F7NO3. The van der Waals surface area contributed by atoms with Crippen molar-refractivity contribution in [3.63, 3.8) is 0 Å². The fourth-order valence-electron chi connectivity index (χ4n) is 1.86. The van der Waals surface area contributed by atoms with Crippen LogP contribution in [0.3, 0.4) is 0 Å². The van der Waals surface area contributed by atoms with Crippen molar-refractivity contribution in [3.05, 3.63) is 47.7 Å². The van der Waals surface area contributed by atoms with Crippen LogP contribution < -0.4 is 0 Å². The Morgan fingerprint density at radius 2 is 1.58 bits per heavy atom. The summed E-state index contributed by atoms with van der Waals surface area (Å²) in [4.78, 5) is 26.7. The van der Waals surface area contributed by atoms with E-state index in [0.717, 1.165) is 0 Å². The topological polar surface area (TPSA) is 55.7 Å². The number of carbonyl (C=O) groups is 2. The first-order chi connectivity index (χ1) is 11.9. The number of ether oxygens (including phenoxy) is 1. The van der Waals surface area contributed by atoms with Crippen LogP contribution in [-0.2, 0) is 9.53 Å². The van der Waals surface area contributed by atoms with Crippen molar-refractivity contribution in [2.45, 2.75) is 24.4 Å². The quantitative estimate of drug-likeness (QED) is 0.587. The van der Waals surface area contributed by atoms with Crippen LogP contribution in [0.5, 0.6) is 0 Å². The highest BCUT2D eigenvalue weighted by Gasteiger charge is 2.75. The van der Waals surface area contributed by atoms with Crippen LogP contribution in [-0.4, -0.2) is 35.6 Å². The summed E-state index contributed by atoms with van der Waals surface area (Å²) in [5, 5.41) is 0. The molecule has 0 aromatic heterocycles. The normalized spacial score (nSPS) is 17.7. The predicted octanol–water partition coefficient (Wildman–Crippen LogP) is 3.93. The maximum atomic E-state index is 13.5. The fraction of sp³-hybridized carbons (Fsp3) is 0.267. The first-order valence-electron chi connectivity index (χ1n) is 6.80. The average molecular weight is 383 g/mol. The lowest BCUT2D eigenvalue weighted by Crippen LogP contribution is -2.54. The number of hydrogen-bond acceptors (Lipinski definition) is 3. The zero-order valence-corrected chi connectivity index (χ0v) is 12.5. The van der Waals surface area contributed by atoms with Gasteiger partial charge in [0.1, 0.15) is 5.71 Å². The van der Waals surface area contributed by atoms with Crippen molar-refractivity contribution in [3.8, 4) is 0 Å². The van der Waals surface area contributed by atoms with Crippen molar-refractivity contribution < 1.29 is 45.1 Å². The summed E-state index contributed by atoms with van der Waals surface area (Å²) < 4.78 is 93.2. The molecule has 1 aromatic rings. The molecule has 0 radical (unpaired) electrons. The van der Waals surface area contributed by atoms with Gasteiger partial charge in [-0.05, 0) is 18.2 Å². The number of cyclic esters (lactones) is 1. The maximum Gasteiger partial charge on any atom is 0.460 e. The fourth-order valence-corrected chi connectivity index (χ4v) is 1.86. The van der Waals surface area contributed by atoms with Gasteiger partial charge in [0.15, 0.2) is 5.76 Å². The summed E-state index contributed by atoms with van der Waals surface area (Å²) in [5.41, 5.74) is -0.676. The molecule has 1 aliphatic rings. The molecule has 0 bridgehead atoms. The molecule has 1 amide bonds. The van der Waals surface area contributed by atoms with Gasteiger partial charge in [-0.25, -0.2) is 9.79 Å². The number of amides is 1. The third-order valence-electron chi connectivity index (χ3n) is 3.24. The summed E-state index contributed by atoms with van der Waals surface area (Å²) >= 11 is 0. The first kappa shape index (κ1) is 19.6. The number of halogens is 7. The molecule has 0 atom stereocenters. The second kappa shape index (κ2) is 6.54. The number of allylic oxidation sites excluding steroid dienone is 2. The Balaban J connectivity index is 2.27. The summed E-state index contributed by atoms with van der Waals surface area (Å²) in [7, 11) is 0. The minimum absolute atomic E-state index is 0.0384. The number of aliphatic imine (C=N–C) groups is 1. The molecule has 0 unspecified atom stereocenters. The van der Waals surface area contributed by atoms with Crippen molar-refractivity contribution >= 4 is 17.6 Å². The summed E-state index contributed by atoms with van der Waals surface area (Å²) in [6, 6.07) is 7.20. The molecular weight excluding hydrogens is 375 g/mol. The van der Waals surface area contributed by atoms with Crippen LogP contribution in [0.15, 0.2) is 47.2 Å². The van der Waals surface area contributed by atoms with Crippen molar-refractivity contribution in [2.24, 2.45) is 4.99 Å². The maximum absolute atomic E-state index is 13.5. The zero-order chi connectivity index (χ0) is 19.8. The van der Waals surface area contributed by atoms with Crippen LogP contribution in [0, 0.1) is 0 Å². The molecule has 0 fully saturated rings. The lowest BCUT2D eigenvalue weighted by molar-refractivity contribution is -0.349. The van der Waals surface area contributed by atoms with E-state index in [4.69, 9.17) is 0 Å². The predicted molar refractivity (Wildman–Crippen MR) is 72.9 cm³/mol. The number of hydrogen-bond donors (Lipinski definition) is 0. The van der Waals surface area contributed by atoms with Crippen molar-refractivity contribution in [1.29, 1.82) is 0 Å². The van der Waals surface area contributed by atoms with E-state index in [1.54, 1.807) is 6.07 Å². The smallest absolute Gasteiger partial charge is 0.420 e. The average Bonchev–Trinajstić information content (AvgIpc) is 2.56. The van der Waals surface area contributed by atoms with Gasteiger partial charge in [0.2, 0.25) is 0 Å². The number of carbonyl (C=O) groups excluding carboxylic acids is 2. The molecule has 0 aliphatic carbocycles. The molecule has 0 saturated heterocycles. The minimum atomic E-state index is -6.57. The third-order valence-corrected chi connectivity index (χ3v) is 3.24. The van der Waals surface area contributed by atoms with Gasteiger partial charge in [-0.2, -0.15) is 30.7 Å². The highest BCUT2D eigenvalue weighted by atomic mass is 19.4. The van der Waals surface area contributed by atoms with Gasteiger partial charge < -0.3 is 4.74 Å². The highest BCUT2D eigenvalue weighted by Crippen LogP contribution is 2.50. The standard InChI is InChI=1S/C15H8F7NO3/c16-13(17,14(18,19)15(20,21)22)10-7-6-9(12(25)26-10)23-11(24)8-4-2-1-3-5-8/h1-5,7H,6H2. The Kier molecular flexibility index (Phi) is 4.93. The van der Waals surface area contributed by atoms with E-state index in [-0.39, 0.29) is 11.6 Å². The number of benzene rings is 1. The lowest BCUT2D eigenvalue weighted by atomic mass is 10.1. The van der Waals surface area contributed by atoms with Crippen LogP contribution in [0.2, 0.25) is 0 Å². The number of esters is 1. The Morgan fingerprint density at radius 1 is 1.00 bits per heavy atom. The second-order valence-corrected chi connectivity index (χ2v) is 5.04. The van der Waals surface area contributed by atoms with Gasteiger partial charge in [0.05, 0.1) is 0 Å². The molecule has 4 nitrogen and oxygen atoms in total. The highest BCUT2D eigenvalue weighted by molar-refractivity contribution is 6.39. The van der Waals surface area contributed by atoms with Crippen molar-refractivity contribution in [2.75, 3.05) is 0 Å². The molecule has 26 heavy (non-hydrogen) atoms. The van der Waals surface area contributed by atoms with E-state index in [0.29, 0.717) is 0 Å². The number of alkyl halides is 7. The summed E-state index contributed by atoms with van der Waals surface area (Å²) in [6.07, 6.45) is -7.30. The molecule has 140 valence electrons. The van der Waals surface area contributed by atoms with Crippen LogP contribution in [0.1, 0.15) is 16.8 Å². The van der Waals surface area contributed by atoms with E-state index < -0.39 is 47.8 Å². The molecule has 1 aliphatic heterocycles. The van der Waals surface area contributed by atoms with Gasteiger partial charge in [0.25, 0.3) is 5.91 Å². The van der Waals surface area contributed by atoms with Gasteiger partial charge in [-0.15, -0.1) is 0 Å². The Bertz CT molecular complexity index is 782. The van der Waals surface area contributed by atoms with Gasteiger partial charge >= 0.3 is 24.0 Å². The second-order valence-electron chi connectivity index (χ2n) is 5.04. The SMILES string of the molecule is O=C1OC(C(F)(F)C(F)(F)C(F)(F)F)=CCC1=NC(=O)c1ccccc1. The molecule has 0 saturated carbocycles. The molecule has 11 heteroatoms. The Hall–Kier alpha value is -2.72. The lowest BCUT2D eigenvalue weighted by Gasteiger charge is -2.30. The summed E-state index contributed by atoms with van der Waals surface area (Å²) in [5.74, 6) is -17.1. The van der Waals surface area contributed by atoms with Gasteiger partial charge in [-0.1, -0.05) is 18.2 Å². The van der Waals surface area contributed by atoms with E-state index >= 15 is 0 Å². The minimum Gasteiger partial charge on any atom is -0.420 e.